The van der Waals surface area contributed by atoms with Gasteiger partial charge < -0.3 is 9.73 Å². The van der Waals surface area contributed by atoms with Crippen molar-refractivity contribution in [2.24, 2.45) is 0 Å². The first kappa shape index (κ1) is 26.1. The summed E-state index contributed by atoms with van der Waals surface area (Å²) in [6.07, 6.45) is -0.780. The minimum absolute atomic E-state index is 0.0916. The summed E-state index contributed by atoms with van der Waals surface area (Å²) in [6, 6.07) is 20.4. The number of benzene rings is 2. The van der Waals surface area contributed by atoms with E-state index in [4.69, 9.17) is 4.42 Å². The molecule has 4 aromatic rings. The van der Waals surface area contributed by atoms with E-state index in [-0.39, 0.29) is 24.2 Å². The van der Waals surface area contributed by atoms with Crippen molar-refractivity contribution < 1.29 is 22.4 Å². The number of nitrogens with one attached hydrogen (secondary N) is 1. The Labute approximate surface area is 213 Å². The maximum absolute atomic E-state index is 13.0. The number of halogens is 3. The van der Waals surface area contributed by atoms with Crippen molar-refractivity contribution in [3.05, 3.63) is 119 Å². The number of hydrogen-bond acceptors (Lipinski definition) is 5. The van der Waals surface area contributed by atoms with Gasteiger partial charge in [0.2, 0.25) is 5.89 Å². The fraction of sp³-hybridized carbons (Fsp3) is 0.250. The predicted octanol–water partition coefficient (Wildman–Crippen LogP) is 5.82. The zero-order chi connectivity index (χ0) is 26.3. The lowest BCUT2D eigenvalue weighted by atomic mass is 10.1. The van der Waals surface area contributed by atoms with Crippen LogP contribution in [0.2, 0.25) is 0 Å². The Hall–Kier alpha value is -3.98. The third-order valence-electron chi connectivity index (χ3n) is 6.01. The molecule has 6 nitrogen and oxygen atoms in total. The molecule has 37 heavy (non-hydrogen) atoms. The fourth-order valence-electron chi connectivity index (χ4n) is 3.91. The van der Waals surface area contributed by atoms with Crippen molar-refractivity contribution in [2.45, 2.75) is 38.7 Å². The lowest BCUT2D eigenvalue weighted by Crippen LogP contribution is -2.27. The molecule has 0 aliphatic carbocycles. The van der Waals surface area contributed by atoms with E-state index < -0.39 is 11.7 Å². The summed E-state index contributed by atoms with van der Waals surface area (Å²) in [7, 11) is 0. The van der Waals surface area contributed by atoms with Gasteiger partial charge in [-0.15, -0.1) is 0 Å². The summed E-state index contributed by atoms with van der Waals surface area (Å²) in [5.74, 6) is -0.0131. The molecule has 9 heteroatoms. The molecular formula is C28H27F3N4O2. The van der Waals surface area contributed by atoms with E-state index in [2.05, 4.69) is 15.3 Å². The summed E-state index contributed by atoms with van der Waals surface area (Å²) in [6.45, 7) is 3.04. The van der Waals surface area contributed by atoms with Gasteiger partial charge in [0, 0.05) is 37.4 Å². The third-order valence-corrected chi connectivity index (χ3v) is 6.01. The maximum atomic E-state index is 13.0. The minimum Gasteiger partial charge on any atom is -0.447 e. The van der Waals surface area contributed by atoms with Crippen LogP contribution in [0, 0.1) is 0 Å². The summed E-state index contributed by atoms with van der Waals surface area (Å²) >= 11 is 0. The van der Waals surface area contributed by atoms with Gasteiger partial charge in [0.1, 0.15) is 6.26 Å². The number of carbonyl (C=O) groups excluding carboxylic acids is 1. The molecule has 0 saturated heterocycles. The van der Waals surface area contributed by atoms with Gasteiger partial charge in [0.15, 0.2) is 5.69 Å². The largest absolute Gasteiger partial charge is 0.447 e. The zero-order valence-electron chi connectivity index (χ0n) is 20.3. The van der Waals surface area contributed by atoms with Gasteiger partial charge in [-0.25, -0.2) is 4.98 Å². The number of oxazole rings is 1. The summed E-state index contributed by atoms with van der Waals surface area (Å²) in [5.41, 5.74) is 2.10. The number of amides is 1. The van der Waals surface area contributed by atoms with Gasteiger partial charge in [-0.3, -0.25) is 14.7 Å². The van der Waals surface area contributed by atoms with Gasteiger partial charge in [-0.2, -0.15) is 13.2 Å². The predicted molar refractivity (Wildman–Crippen MR) is 132 cm³/mol. The van der Waals surface area contributed by atoms with E-state index in [1.807, 2.05) is 60.4 Å². The third kappa shape index (κ3) is 7.27. The monoisotopic (exact) mass is 508 g/mol. The smallest absolute Gasteiger partial charge is 0.416 e. The Morgan fingerprint density at radius 3 is 2.41 bits per heavy atom. The summed E-state index contributed by atoms with van der Waals surface area (Å²) in [5, 5.41) is 2.81. The number of rotatable bonds is 10. The van der Waals surface area contributed by atoms with Gasteiger partial charge >= 0.3 is 6.18 Å². The molecular weight excluding hydrogens is 481 g/mol. The number of aromatic nitrogens is 2. The molecule has 2 heterocycles. The Balaban J connectivity index is 1.44. The highest BCUT2D eigenvalue weighted by Gasteiger charge is 2.30. The van der Waals surface area contributed by atoms with Crippen LogP contribution in [0.15, 0.2) is 89.7 Å². The van der Waals surface area contributed by atoms with E-state index in [1.54, 1.807) is 6.20 Å². The Bertz CT molecular complexity index is 1280. The van der Waals surface area contributed by atoms with Crippen LogP contribution in [0.4, 0.5) is 13.2 Å². The van der Waals surface area contributed by atoms with Crippen molar-refractivity contribution in [3.8, 4) is 0 Å². The van der Waals surface area contributed by atoms with E-state index >= 15 is 0 Å². The second-order valence-corrected chi connectivity index (χ2v) is 8.64. The molecule has 1 N–H and O–H groups in total. The molecule has 1 amide bonds. The highest BCUT2D eigenvalue weighted by molar-refractivity contribution is 5.91. The molecule has 0 bridgehead atoms. The number of nitrogens with zero attached hydrogens (tertiary/aromatic N) is 3. The van der Waals surface area contributed by atoms with Gasteiger partial charge in [0.25, 0.3) is 5.91 Å². The topological polar surface area (TPSA) is 71.3 Å². The second-order valence-electron chi connectivity index (χ2n) is 8.64. The molecule has 0 aliphatic rings. The van der Waals surface area contributed by atoms with Crippen molar-refractivity contribution in [3.63, 3.8) is 0 Å². The number of pyridine rings is 1. The molecule has 4 rings (SSSR count). The molecule has 0 spiro atoms. The molecule has 2 aromatic heterocycles. The average Bonchev–Trinajstić information content (AvgIpc) is 3.37. The summed E-state index contributed by atoms with van der Waals surface area (Å²) < 4.78 is 44.5. The van der Waals surface area contributed by atoms with Crippen LogP contribution in [0.25, 0.3) is 0 Å². The first-order chi connectivity index (χ1) is 17.8. The molecule has 0 saturated carbocycles. The van der Waals surface area contributed by atoms with Crippen LogP contribution >= 0.6 is 0 Å². The highest BCUT2D eigenvalue weighted by Crippen LogP contribution is 2.30. The van der Waals surface area contributed by atoms with Crippen LogP contribution < -0.4 is 5.32 Å². The number of hydrogen-bond donors (Lipinski definition) is 1. The Kier molecular flexibility index (Phi) is 8.35. The van der Waals surface area contributed by atoms with Gasteiger partial charge in [-0.05, 0) is 42.3 Å². The van der Waals surface area contributed by atoms with Crippen molar-refractivity contribution >= 4 is 5.91 Å². The van der Waals surface area contributed by atoms with Crippen molar-refractivity contribution in [1.29, 1.82) is 0 Å². The van der Waals surface area contributed by atoms with Crippen LogP contribution in [-0.2, 0) is 25.7 Å². The van der Waals surface area contributed by atoms with Gasteiger partial charge in [0.05, 0.1) is 12.1 Å². The minimum atomic E-state index is -4.39. The molecule has 0 radical (unpaired) electrons. The molecule has 1 unspecified atom stereocenters. The molecule has 0 aliphatic heterocycles. The van der Waals surface area contributed by atoms with E-state index in [9.17, 15) is 18.0 Å². The van der Waals surface area contributed by atoms with Crippen LogP contribution in [-0.4, -0.2) is 27.3 Å². The van der Waals surface area contributed by atoms with Crippen LogP contribution in [0.3, 0.4) is 0 Å². The molecule has 192 valence electrons. The quantitative estimate of drug-likeness (QED) is 0.292. The highest BCUT2D eigenvalue weighted by atomic mass is 19.4. The van der Waals surface area contributed by atoms with E-state index in [0.717, 1.165) is 29.0 Å². The Morgan fingerprint density at radius 1 is 1.00 bits per heavy atom. The molecule has 1 atom stereocenters. The Morgan fingerprint density at radius 2 is 1.73 bits per heavy atom. The normalized spacial score (nSPS) is 12.5. The standard InChI is InChI=1S/C28H27F3N4O2/c1-20(22-7-3-2-4-8-22)35(17-21-10-12-23(13-11-21)28(29,30)31)18-26-34-25(19-37-26)27(36)33-16-14-24-9-5-6-15-32-24/h2-13,15,19-20H,14,16-18H2,1H3,(H,33,36). The maximum Gasteiger partial charge on any atom is 0.416 e. The van der Waals surface area contributed by atoms with E-state index in [1.165, 1.54) is 18.4 Å². The van der Waals surface area contributed by atoms with Crippen molar-refractivity contribution in [2.75, 3.05) is 6.54 Å². The SMILES string of the molecule is CC(c1ccccc1)N(Cc1ccc(C(F)(F)F)cc1)Cc1nc(C(=O)NCCc2ccccn2)co1. The fourth-order valence-corrected chi connectivity index (χ4v) is 3.91. The zero-order valence-corrected chi connectivity index (χ0v) is 20.3. The van der Waals surface area contributed by atoms with Crippen molar-refractivity contribution in [1.82, 2.24) is 20.2 Å². The second kappa shape index (κ2) is 11.8. The lowest BCUT2D eigenvalue weighted by molar-refractivity contribution is -0.137. The average molecular weight is 509 g/mol. The van der Waals surface area contributed by atoms with Crippen LogP contribution in [0.1, 0.15) is 51.7 Å². The molecule has 0 fully saturated rings. The van der Waals surface area contributed by atoms with Gasteiger partial charge in [-0.1, -0.05) is 48.5 Å². The van der Waals surface area contributed by atoms with E-state index in [0.29, 0.717) is 25.4 Å². The molecule has 2 aromatic carbocycles. The first-order valence-corrected chi connectivity index (χ1v) is 11.9. The summed E-state index contributed by atoms with van der Waals surface area (Å²) in [4.78, 5) is 23.2. The van der Waals surface area contributed by atoms with Crippen LogP contribution in [0.5, 0.6) is 0 Å². The number of alkyl halides is 3. The lowest BCUT2D eigenvalue weighted by Gasteiger charge is -2.28. The first-order valence-electron chi connectivity index (χ1n) is 11.9. The number of carbonyl (C=O) groups is 1.